The molecular weight excluding hydrogens is 164 g/mol. The van der Waals surface area contributed by atoms with Gasteiger partial charge in [0.05, 0.1) is 0 Å². The van der Waals surface area contributed by atoms with Crippen LogP contribution in [-0.2, 0) is 0 Å². The zero-order valence-electron chi connectivity index (χ0n) is 7.95. The van der Waals surface area contributed by atoms with Crippen LogP contribution in [0.1, 0.15) is 19.4 Å². The summed E-state index contributed by atoms with van der Waals surface area (Å²) in [4.78, 5) is 0. The molecule has 0 radical (unpaired) electrons. The van der Waals surface area contributed by atoms with E-state index in [0.29, 0.717) is 0 Å². The lowest BCUT2D eigenvalue weighted by Gasteiger charge is -1.88. The van der Waals surface area contributed by atoms with Gasteiger partial charge in [-0.2, -0.15) is 0 Å². The van der Waals surface area contributed by atoms with Gasteiger partial charge >= 0.3 is 0 Å². The van der Waals surface area contributed by atoms with Crippen molar-refractivity contribution in [3.8, 4) is 0 Å². The van der Waals surface area contributed by atoms with Crippen LogP contribution in [0.25, 0.3) is 6.08 Å². The number of rotatable bonds is 2. The molecule has 0 saturated heterocycles. The van der Waals surface area contributed by atoms with E-state index >= 15 is 0 Å². The Morgan fingerprint density at radius 1 is 1.08 bits per heavy atom. The monoisotopic (exact) mass is 180 g/mol. The molecular formula is C11H16S. The molecule has 0 aromatic heterocycles. The van der Waals surface area contributed by atoms with Crippen LogP contribution in [0.15, 0.2) is 35.7 Å². The highest BCUT2D eigenvalue weighted by molar-refractivity contribution is 8.01. The highest BCUT2D eigenvalue weighted by atomic mass is 32.2. The zero-order chi connectivity index (χ0) is 9.23. The normalized spacial score (nSPS) is 9.25. The molecule has 1 heteroatoms. The maximum atomic E-state index is 2.10. The van der Waals surface area contributed by atoms with E-state index in [4.69, 9.17) is 0 Å². The minimum Gasteiger partial charge on any atom is -0.138 e. The summed E-state index contributed by atoms with van der Waals surface area (Å²) in [6.45, 7) is 4.00. The van der Waals surface area contributed by atoms with Crippen molar-refractivity contribution in [3.05, 3.63) is 41.3 Å². The first-order valence-electron chi connectivity index (χ1n) is 4.18. The number of thioether (sulfide) groups is 1. The molecule has 1 aromatic rings. The van der Waals surface area contributed by atoms with Gasteiger partial charge in [0.1, 0.15) is 0 Å². The van der Waals surface area contributed by atoms with Gasteiger partial charge in [-0.15, -0.1) is 11.8 Å². The molecule has 0 amide bonds. The Morgan fingerprint density at radius 2 is 1.67 bits per heavy atom. The van der Waals surface area contributed by atoms with Crippen LogP contribution in [0.5, 0.6) is 0 Å². The molecule has 0 bridgehead atoms. The van der Waals surface area contributed by atoms with Crippen LogP contribution in [0.2, 0.25) is 0 Å². The van der Waals surface area contributed by atoms with Gasteiger partial charge in [0.25, 0.3) is 0 Å². The lowest BCUT2D eigenvalue weighted by molar-refractivity contribution is 1.50. The van der Waals surface area contributed by atoms with E-state index in [1.54, 1.807) is 11.8 Å². The summed E-state index contributed by atoms with van der Waals surface area (Å²) in [5, 5.41) is 2.08. The van der Waals surface area contributed by atoms with Gasteiger partial charge < -0.3 is 0 Å². The van der Waals surface area contributed by atoms with Crippen LogP contribution in [0.4, 0.5) is 0 Å². The van der Waals surface area contributed by atoms with E-state index in [0.717, 1.165) is 0 Å². The predicted octanol–water partition coefficient (Wildman–Crippen LogP) is 4.05. The van der Waals surface area contributed by atoms with Gasteiger partial charge in [0, 0.05) is 0 Å². The largest absolute Gasteiger partial charge is 0.138 e. The Morgan fingerprint density at radius 3 is 2.17 bits per heavy atom. The maximum Gasteiger partial charge on any atom is -0.0142 e. The Bertz CT molecular complexity index is 202. The summed E-state index contributed by atoms with van der Waals surface area (Å²) in [6, 6.07) is 10.3. The molecule has 12 heavy (non-hydrogen) atoms. The lowest BCUT2D eigenvalue weighted by Crippen LogP contribution is -1.65. The highest BCUT2D eigenvalue weighted by Gasteiger charge is 1.79. The van der Waals surface area contributed by atoms with Gasteiger partial charge in [-0.1, -0.05) is 44.2 Å². The van der Waals surface area contributed by atoms with Crippen molar-refractivity contribution in [3.63, 3.8) is 0 Å². The second-order valence-corrected chi connectivity index (χ2v) is 2.69. The van der Waals surface area contributed by atoms with Crippen molar-refractivity contribution in [2.24, 2.45) is 0 Å². The van der Waals surface area contributed by atoms with Gasteiger partial charge in [0.15, 0.2) is 0 Å². The van der Waals surface area contributed by atoms with Crippen LogP contribution >= 0.6 is 11.8 Å². The molecule has 0 N–H and O–H groups in total. The fourth-order valence-electron chi connectivity index (χ4n) is 0.711. The van der Waals surface area contributed by atoms with Crippen LogP contribution in [0.3, 0.4) is 0 Å². The number of benzene rings is 1. The molecule has 0 saturated carbocycles. The standard InChI is InChI=1S/C9H10S.C2H6/c1-10-8-7-9-5-3-2-4-6-9;1-2/h2-8H,1H3;1-2H3/b8-7+;. The molecule has 0 aliphatic heterocycles. The van der Waals surface area contributed by atoms with Crippen molar-refractivity contribution in [1.82, 2.24) is 0 Å². The fourth-order valence-corrected chi connectivity index (χ4v) is 1.00. The molecule has 0 spiro atoms. The molecule has 0 unspecified atom stereocenters. The fraction of sp³-hybridized carbons (Fsp3) is 0.273. The van der Waals surface area contributed by atoms with Gasteiger partial charge in [-0.05, 0) is 23.3 Å². The first kappa shape index (κ1) is 11.3. The molecule has 0 atom stereocenters. The highest BCUT2D eigenvalue weighted by Crippen LogP contribution is 2.04. The van der Waals surface area contributed by atoms with Gasteiger partial charge in [-0.3, -0.25) is 0 Å². The average Bonchev–Trinajstić information content (AvgIpc) is 2.19. The minimum atomic E-state index is 1.26. The predicted molar refractivity (Wildman–Crippen MR) is 60.3 cm³/mol. The molecule has 1 aromatic carbocycles. The van der Waals surface area contributed by atoms with Crippen molar-refractivity contribution < 1.29 is 0 Å². The van der Waals surface area contributed by atoms with E-state index in [9.17, 15) is 0 Å². The summed E-state index contributed by atoms with van der Waals surface area (Å²) in [6.07, 6.45) is 4.16. The second-order valence-electron chi connectivity index (χ2n) is 1.95. The SMILES string of the molecule is CC.CS/C=C/c1ccccc1. The molecule has 0 heterocycles. The quantitative estimate of drug-likeness (QED) is 0.661. The topological polar surface area (TPSA) is 0 Å². The van der Waals surface area contributed by atoms with Crippen molar-refractivity contribution in [2.45, 2.75) is 13.8 Å². The lowest BCUT2D eigenvalue weighted by atomic mass is 10.2. The van der Waals surface area contributed by atoms with E-state index in [1.165, 1.54) is 5.56 Å². The summed E-state index contributed by atoms with van der Waals surface area (Å²) in [5.41, 5.74) is 1.26. The smallest absolute Gasteiger partial charge is 0.0142 e. The van der Waals surface area contributed by atoms with Gasteiger partial charge in [0.2, 0.25) is 0 Å². The molecule has 66 valence electrons. The van der Waals surface area contributed by atoms with Crippen molar-refractivity contribution in [1.29, 1.82) is 0 Å². The van der Waals surface area contributed by atoms with E-state index in [1.807, 2.05) is 32.0 Å². The third-order valence-corrected chi connectivity index (χ3v) is 1.60. The third kappa shape index (κ3) is 5.03. The van der Waals surface area contributed by atoms with Crippen molar-refractivity contribution >= 4 is 17.8 Å². The Balaban J connectivity index is 0.000000561. The Kier molecular flexibility index (Phi) is 7.92. The zero-order valence-corrected chi connectivity index (χ0v) is 8.77. The summed E-state index contributed by atoms with van der Waals surface area (Å²) < 4.78 is 0. The molecule has 1 rings (SSSR count). The number of hydrogen-bond donors (Lipinski definition) is 0. The maximum absolute atomic E-state index is 2.10. The van der Waals surface area contributed by atoms with E-state index < -0.39 is 0 Å². The van der Waals surface area contributed by atoms with Crippen LogP contribution in [-0.4, -0.2) is 6.26 Å². The Labute approximate surface area is 79.7 Å². The number of hydrogen-bond acceptors (Lipinski definition) is 1. The first-order valence-corrected chi connectivity index (χ1v) is 5.46. The molecule has 0 fully saturated rings. The summed E-state index contributed by atoms with van der Waals surface area (Å²) in [7, 11) is 0. The molecule has 0 aliphatic rings. The van der Waals surface area contributed by atoms with Crippen LogP contribution in [0, 0.1) is 0 Å². The summed E-state index contributed by atoms with van der Waals surface area (Å²) in [5.74, 6) is 0. The van der Waals surface area contributed by atoms with E-state index in [-0.39, 0.29) is 0 Å². The minimum absolute atomic E-state index is 1.26. The Hall–Kier alpha value is -0.690. The van der Waals surface area contributed by atoms with E-state index in [2.05, 4.69) is 29.9 Å². The van der Waals surface area contributed by atoms with Crippen molar-refractivity contribution in [2.75, 3.05) is 6.26 Å². The third-order valence-electron chi connectivity index (χ3n) is 1.20. The van der Waals surface area contributed by atoms with Crippen LogP contribution < -0.4 is 0 Å². The summed E-state index contributed by atoms with van der Waals surface area (Å²) >= 11 is 1.72. The molecule has 0 aliphatic carbocycles. The second kappa shape index (κ2) is 8.41. The average molecular weight is 180 g/mol. The molecule has 0 nitrogen and oxygen atoms in total. The van der Waals surface area contributed by atoms with Gasteiger partial charge in [-0.25, -0.2) is 0 Å². The first-order chi connectivity index (χ1) is 5.93.